The van der Waals surface area contributed by atoms with E-state index in [0.717, 1.165) is 19.3 Å². The highest BCUT2D eigenvalue weighted by Crippen LogP contribution is 2.74. The van der Waals surface area contributed by atoms with Gasteiger partial charge in [-0.05, 0) is 121 Å². The minimum atomic E-state index is -1.13. The van der Waals surface area contributed by atoms with E-state index in [0.29, 0.717) is 36.1 Å². The van der Waals surface area contributed by atoms with Crippen LogP contribution in [0.3, 0.4) is 0 Å². The number of nitrogens with zero attached hydrogens (tertiary/aromatic N) is 3. The minimum Gasteiger partial charge on any atom is -0.478 e. The van der Waals surface area contributed by atoms with Crippen molar-refractivity contribution in [3.63, 3.8) is 0 Å². The number of carbonyl (C=O) groups is 2. The zero-order chi connectivity index (χ0) is 33.8. The van der Waals surface area contributed by atoms with Crippen molar-refractivity contribution in [1.29, 1.82) is 0 Å². The summed E-state index contributed by atoms with van der Waals surface area (Å²) in [7, 11) is 0. The normalized spacial score (nSPS) is 42.7. The van der Waals surface area contributed by atoms with Gasteiger partial charge in [-0.15, -0.1) is 0 Å². The largest absolute Gasteiger partial charge is 0.478 e. The summed E-state index contributed by atoms with van der Waals surface area (Å²) < 4.78 is 23.3. The number of aryl methyl sites for hydroxylation is 1. The molecular weight excluding hydrogens is 558 g/mol. The second kappa shape index (κ2) is 12.1. The standard InChI is InChI=1S/C35H49N3O6/c1-20-25-14-17-34(4)31(33(25,3)16-15-27(20)40)28(41)18-26-30(29(44-21(2)39)19-35(26,34)5)24(32(42)43)9-7-6-8-22-10-12-23(13-11-22)37-38-36/h10-13,20,25-29,31,40-41H,6-9,14-19H2,1-5H3,(H,42,43)/b30-24-/t20-,25-,26-,27+,28+,29-,31-,33-,34-,35-/m0/s1/i6T,8T/t6?,8?,20-,25-,26-,27+,28+,29-,31-,33-,34-,35-. The van der Waals surface area contributed by atoms with Crippen molar-refractivity contribution in [3.05, 3.63) is 51.4 Å². The molecule has 1 aromatic carbocycles. The third-order valence-corrected chi connectivity index (χ3v) is 12.5. The number of carbonyl (C=O) groups excluding carboxylic acids is 1. The molecule has 9 nitrogen and oxygen atoms in total. The summed E-state index contributed by atoms with van der Waals surface area (Å²) in [5.41, 5.74) is 9.29. The zero-order valence-corrected chi connectivity index (χ0v) is 26.6. The van der Waals surface area contributed by atoms with Crippen LogP contribution in [0.25, 0.3) is 10.4 Å². The summed E-state index contributed by atoms with van der Waals surface area (Å²) in [5.74, 6) is -1.58. The van der Waals surface area contributed by atoms with Gasteiger partial charge in [0.15, 0.2) is 0 Å². The number of hydrogen-bond acceptors (Lipinski definition) is 6. The summed E-state index contributed by atoms with van der Waals surface area (Å²) in [5, 5.41) is 36.9. The number of azide groups is 1. The van der Waals surface area contributed by atoms with E-state index in [4.69, 9.17) is 13.0 Å². The molecule has 4 aliphatic rings. The Bertz CT molecular complexity index is 1430. The molecule has 0 spiro atoms. The highest BCUT2D eigenvalue weighted by Gasteiger charge is 2.70. The molecule has 0 aromatic heterocycles. The molecule has 0 aliphatic heterocycles. The van der Waals surface area contributed by atoms with E-state index < -0.39 is 42.4 Å². The van der Waals surface area contributed by atoms with Crippen LogP contribution in [-0.2, 0) is 20.7 Å². The Labute approximate surface area is 263 Å². The Hall–Kier alpha value is -2.87. The average Bonchev–Trinajstić information content (AvgIpc) is 3.26. The first-order valence-corrected chi connectivity index (χ1v) is 16.1. The lowest BCUT2D eigenvalue weighted by Crippen LogP contribution is -2.65. The molecule has 4 saturated carbocycles. The maximum atomic E-state index is 13.0. The summed E-state index contributed by atoms with van der Waals surface area (Å²) in [4.78, 5) is 28.1. The van der Waals surface area contributed by atoms with Crippen LogP contribution in [0, 0.1) is 39.9 Å². The molecule has 4 fully saturated rings. The van der Waals surface area contributed by atoms with E-state index in [-0.39, 0.29) is 59.0 Å². The van der Waals surface area contributed by atoms with Crippen LogP contribution < -0.4 is 0 Å². The van der Waals surface area contributed by atoms with Crippen LogP contribution in [0.4, 0.5) is 5.69 Å². The van der Waals surface area contributed by atoms with Crippen LogP contribution in [0.2, 0.25) is 0 Å². The van der Waals surface area contributed by atoms with Crippen molar-refractivity contribution < 1.29 is 32.4 Å². The van der Waals surface area contributed by atoms with Gasteiger partial charge in [0.2, 0.25) is 0 Å². The summed E-state index contributed by atoms with van der Waals surface area (Å²) in [6.07, 6.45) is 0.568. The Kier molecular flexibility index (Phi) is 8.23. The molecule has 1 aromatic rings. The van der Waals surface area contributed by atoms with Gasteiger partial charge in [0.1, 0.15) is 6.10 Å². The molecule has 2 unspecified atom stereocenters. The molecule has 0 bridgehead atoms. The number of ether oxygens (including phenoxy) is 1. The second-order valence-electron chi connectivity index (χ2n) is 14.5. The van der Waals surface area contributed by atoms with E-state index in [2.05, 4.69) is 37.7 Å². The summed E-state index contributed by atoms with van der Waals surface area (Å²) >= 11 is 0. The number of carboxylic acid groups (broad SMARTS) is 1. The predicted molar refractivity (Wildman–Crippen MR) is 167 cm³/mol. The summed E-state index contributed by atoms with van der Waals surface area (Å²) in [6, 6.07) is 6.46. The first kappa shape index (κ1) is 29.8. The van der Waals surface area contributed by atoms with Gasteiger partial charge in [0.05, 0.1) is 12.2 Å². The van der Waals surface area contributed by atoms with E-state index in [1.54, 1.807) is 24.3 Å². The molecule has 5 rings (SSSR count). The lowest BCUT2D eigenvalue weighted by Gasteiger charge is -2.69. The Morgan fingerprint density at radius 1 is 1.11 bits per heavy atom. The van der Waals surface area contributed by atoms with Crippen molar-refractivity contribution in [1.82, 2.24) is 0 Å². The maximum absolute atomic E-state index is 13.0. The topological polar surface area (TPSA) is 153 Å². The quantitative estimate of drug-likeness (QED) is 0.0923. The molecule has 4 aliphatic carbocycles. The molecule has 12 atom stereocenters. The van der Waals surface area contributed by atoms with Crippen molar-refractivity contribution in [2.24, 2.45) is 45.0 Å². The Morgan fingerprint density at radius 2 is 1.82 bits per heavy atom. The van der Waals surface area contributed by atoms with Crippen LogP contribution in [0.5, 0.6) is 0 Å². The fourth-order valence-corrected chi connectivity index (χ4v) is 10.4. The Balaban J connectivity index is 1.49. The van der Waals surface area contributed by atoms with Gasteiger partial charge in [0, 0.05) is 25.8 Å². The third kappa shape index (κ3) is 5.35. The lowest BCUT2D eigenvalue weighted by molar-refractivity contribution is -0.234. The fraction of sp³-hybridized carbons (Fsp3) is 0.714. The van der Waals surface area contributed by atoms with E-state index in [1.807, 2.05) is 0 Å². The third-order valence-electron chi connectivity index (χ3n) is 12.5. The second-order valence-corrected chi connectivity index (χ2v) is 14.5. The first-order valence-electron chi connectivity index (χ1n) is 17.2. The number of aliphatic carboxylic acids is 1. The molecule has 0 saturated heterocycles. The van der Waals surface area contributed by atoms with Crippen molar-refractivity contribution in [2.45, 2.75) is 117 Å². The number of carboxylic acids is 1. The van der Waals surface area contributed by atoms with Gasteiger partial charge in [-0.2, -0.15) is 0 Å². The smallest absolute Gasteiger partial charge is 0.331 e. The van der Waals surface area contributed by atoms with Crippen LogP contribution >= 0.6 is 0 Å². The lowest BCUT2D eigenvalue weighted by atomic mass is 9.36. The average molecular weight is 612 g/mol. The monoisotopic (exact) mass is 611 g/mol. The van der Waals surface area contributed by atoms with Gasteiger partial charge in [-0.1, -0.05) is 57.1 Å². The van der Waals surface area contributed by atoms with Crippen LogP contribution in [0.1, 0.15) is 101 Å². The zero-order valence-electron chi connectivity index (χ0n) is 28.6. The van der Waals surface area contributed by atoms with Crippen molar-refractivity contribution in [2.75, 3.05) is 0 Å². The van der Waals surface area contributed by atoms with Gasteiger partial charge < -0.3 is 20.1 Å². The highest BCUT2D eigenvalue weighted by molar-refractivity contribution is 5.88. The number of benzene rings is 1. The Morgan fingerprint density at radius 3 is 2.45 bits per heavy atom. The highest BCUT2D eigenvalue weighted by atomic mass is 16.5. The summed E-state index contributed by atoms with van der Waals surface area (Å²) in [6.45, 7) is 10.2. The molecule has 9 heteroatoms. The maximum Gasteiger partial charge on any atom is 0.331 e. The predicted octanol–water partition coefficient (Wildman–Crippen LogP) is 7.27. The number of aliphatic hydroxyl groups is 2. The molecule has 240 valence electrons. The number of rotatable bonds is 8. The van der Waals surface area contributed by atoms with Gasteiger partial charge in [-0.25, -0.2) is 4.79 Å². The van der Waals surface area contributed by atoms with E-state index in [9.17, 15) is 24.9 Å². The minimum absolute atomic E-state index is 0.0286. The number of fused-ring (bicyclic) bond motifs is 5. The fourth-order valence-electron chi connectivity index (χ4n) is 10.4. The van der Waals surface area contributed by atoms with Crippen LogP contribution in [-0.4, -0.2) is 45.6 Å². The first-order chi connectivity index (χ1) is 21.6. The molecule has 0 amide bonds. The molecule has 0 radical (unpaired) electrons. The number of hydrogen-bond donors (Lipinski definition) is 3. The van der Waals surface area contributed by atoms with Gasteiger partial charge >= 0.3 is 11.9 Å². The van der Waals surface area contributed by atoms with Crippen LogP contribution in [0.15, 0.2) is 40.5 Å². The van der Waals surface area contributed by atoms with Crippen molar-refractivity contribution in [3.8, 4) is 0 Å². The van der Waals surface area contributed by atoms with Gasteiger partial charge in [0.25, 0.3) is 0 Å². The molecule has 44 heavy (non-hydrogen) atoms. The van der Waals surface area contributed by atoms with Gasteiger partial charge in [-0.3, -0.25) is 4.79 Å². The molecule has 3 N–H and O–H groups in total. The van der Waals surface area contributed by atoms with Crippen molar-refractivity contribution >= 4 is 17.6 Å². The SMILES string of the molecule is [3H]C(CC/C(C(=O)O)=C1/[C@@H](OC(C)=O)C[C@@]2(C)[C@H]1C[C@@H](O)[C@H]1[C@@]3(C)CC[C@@H](O)[C@@H](C)[C@@H]3CC[C@@]12C)C([3H])c1ccc(N=[N+]=[N-])cc1. The molecular formula is C35H49N3O6. The van der Waals surface area contributed by atoms with E-state index >= 15 is 0 Å². The number of esters is 1. The molecule has 0 heterocycles. The van der Waals surface area contributed by atoms with E-state index in [1.165, 1.54) is 6.92 Å². The number of aliphatic hydroxyl groups excluding tert-OH is 2.